The van der Waals surface area contributed by atoms with E-state index in [0.29, 0.717) is 5.82 Å². The lowest BCUT2D eigenvalue weighted by Gasteiger charge is -2.05. The minimum absolute atomic E-state index is 0.363. The van der Waals surface area contributed by atoms with Crippen LogP contribution in [0, 0.1) is 0 Å². The van der Waals surface area contributed by atoms with E-state index < -0.39 is 0 Å². The highest BCUT2D eigenvalue weighted by Gasteiger charge is 2.18. The number of hydrogen-bond donors (Lipinski definition) is 1. The molecule has 1 aliphatic rings. The number of imidazole rings is 1. The van der Waals surface area contributed by atoms with Gasteiger partial charge in [0, 0.05) is 13.1 Å². The van der Waals surface area contributed by atoms with E-state index >= 15 is 0 Å². The van der Waals surface area contributed by atoms with E-state index in [1.807, 2.05) is 4.57 Å². The van der Waals surface area contributed by atoms with Gasteiger partial charge in [-0.25, -0.2) is 9.78 Å². The summed E-state index contributed by atoms with van der Waals surface area (Å²) in [5.74, 6) is 0.0457. The summed E-state index contributed by atoms with van der Waals surface area (Å²) in [6.45, 7) is 2.57. The zero-order valence-corrected chi connectivity index (χ0v) is 8.12. The van der Waals surface area contributed by atoms with E-state index in [9.17, 15) is 4.79 Å². The fourth-order valence-corrected chi connectivity index (χ4v) is 1.63. The van der Waals surface area contributed by atoms with Crippen molar-refractivity contribution >= 4 is 5.97 Å². The van der Waals surface area contributed by atoms with Crippen molar-refractivity contribution in [3.05, 3.63) is 17.7 Å². The van der Waals surface area contributed by atoms with Gasteiger partial charge in [-0.2, -0.15) is 0 Å². The van der Waals surface area contributed by atoms with Gasteiger partial charge in [-0.05, 0) is 13.0 Å². The molecule has 0 spiro atoms. The number of methoxy groups -OCH3 is 1. The van der Waals surface area contributed by atoms with Crippen LogP contribution in [0.3, 0.4) is 0 Å². The van der Waals surface area contributed by atoms with Crippen LogP contribution in [-0.2, 0) is 17.8 Å². The first-order valence-corrected chi connectivity index (χ1v) is 4.66. The minimum atomic E-state index is -0.363. The van der Waals surface area contributed by atoms with Gasteiger partial charge in [0.25, 0.3) is 0 Å². The predicted molar refractivity (Wildman–Crippen MR) is 49.9 cm³/mol. The molecule has 0 amide bonds. The van der Waals surface area contributed by atoms with Gasteiger partial charge in [0.15, 0.2) is 0 Å². The summed E-state index contributed by atoms with van der Waals surface area (Å²) in [5, 5.41) is 3.26. The molecule has 0 aromatic carbocycles. The van der Waals surface area contributed by atoms with Crippen molar-refractivity contribution in [2.45, 2.75) is 19.5 Å². The lowest BCUT2D eigenvalue weighted by molar-refractivity contribution is 0.0581. The summed E-state index contributed by atoms with van der Waals surface area (Å²) >= 11 is 0. The predicted octanol–water partition coefficient (Wildman–Crippen LogP) is 0.163. The van der Waals surface area contributed by atoms with E-state index in [4.69, 9.17) is 0 Å². The number of carbonyl (C=O) groups is 1. The Bertz CT molecular complexity index is 346. The molecule has 0 saturated carbocycles. The van der Waals surface area contributed by atoms with Gasteiger partial charge >= 0.3 is 5.97 Å². The lowest BCUT2D eigenvalue weighted by atomic mass is 10.4. The van der Waals surface area contributed by atoms with Crippen molar-refractivity contribution in [2.75, 3.05) is 13.7 Å². The molecule has 1 aromatic heterocycles. The van der Waals surface area contributed by atoms with E-state index in [1.54, 1.807) is 6.20 Å². The summed E-state index contributed by atoms with van der Waals surface area (Å²) in [6.07, 6.45) is 2.73. The molecule has 2 rings (SSSR count). The van der Waals surface area contributed by atoms with Crippen molar-refractivity contribution in [1.29, 1.82) is 0 Å². The number of nitrogens with one attached hydrogen (secondary N) is 1. The third-order valence-electron chi connectivity index (χ3n) is 2.35. The van der Waals surface area contributed by atoms with Gasteiger partial charge in [-0.1, -0.05) is 0 Å². The van der Waals surface area contributed by atoms with Crippen molar-refractivity contribution in [2.24, 2.45) is 0 Å². The quantitative estimate of drug-likeness (QED) is 0.649. The molecule has 5 heteroatoms. The van der Waals surface area contributed by atoms with Crippen molar-refractivity contribution in [1.82, 2.24) is 14.9 Å². The standard InChI is InChI=1S/C9H13N3O2/c1-14-9(13)8-11-6-7-5-10-3-2-4-12(7)8/h6,10H,2-5H2,1H3. The number of aromatic nitrogens is 2. The Morgan fingerprint density at radius 3 is 3.36 bits per heavy atom. The van der Waals surface area contributed by atoms with Gasteiger partial charge in [-0.3, -0.25) is 0 Å². The number of fused-ring (bicyclic) bond motifs is 1. The number of nitrogens with zero attached hydrogens (tertiary/aromatic N) is 2. The molecule has 0 aliphatic carbocycles. The van der Waals surface area contributed by atoms with E-state index in [1.165, 1.54) is 7.11 Å². The second-order valence-corrected chi connectivity index (χ2v) is 3.25. The minimum Gasteiger partial charge on any atom is -0.463 e. The molecule has 1 N–H and O–H groups in total. The van der Waals surface area contributed by atoms with Crippen LogP contribution in [0.1, 0.15) is 22.7 Å². The SMILES string of the molecule is COC(=O)c1ncc2n1CCCNC2. The van der Waals surface area contributed by atoms with Crippen LogP contribution in [0.4, 0.5) is 0 Å². The summed E-state index contributed by atoms with van der Waals surface area (Å²) in [7, 11) is 1.37. The maximum atomic E-state index is 11.3. The molecule has 1 aromatic rings. The first-order valence-electron chi connectivity index (χ1n) is 4.66. The fourth-order valence-electron chi connectivity index (χ4n) is 1.63. The van der Waals surface area contributed by atoms with Gasteiger partial charge in [0.05, 0.1) is 19.0 Å². The Balaban J connectivity index is 2.34. The molecule has 0 unspecified atom stereocenters. The molecule has 1 aliphatic heterocycles. The summed E-state index contributed by atoms with van der Waals surface area (Å²) < 4.78 is 6.58. The Morgan fingerprint density at radius 2 is 2.57 bits per heavy atom. The third kappa shape index (κ3) is 1.50. The zero-order valence-electron chi connectivity index (χ0n) is 8.12. The van der Waals surface area contributed by atoms with Crippen molar-refractivity contribution < 1.29 is 9.53 Å². The van der Waals surface area contributed by atoms with Gasteiger partial charge < -0.3 is 14.6 Å². The van der Waals surface area contributed by atoms with Crippen LogP contribution in [0.15, 0.2) is 6.20 Å². The Hall–Kier alpha value is -1.36. The maximum Gasteiger partial charge on any atom is 0.374 e. The number of rotatable bonds is 1. The Morgan fingerprint density at radius 1 is 1.71 bits per heavy atom. The molecule has 2 heterocycles. The van der Waals surface area contributed by atoms with Crippen LogP contribution in [0.5, 0.6) is 0 Å². The number of carbonyl (C=O) groups excluding carboxylic acids is 1. The smallest absolute Gasteiger partial charge is 0.374 e. The average molecular weight is 195 g/mol. The first-order chi connectivity index (χ1) is 6.83. The largest absolute Gasteiger partial charge is 0.463 e. The molecule has 0 saturated heterocycles. The zero-order chi connectivity index (χ0) is 9.97. The number of hydrogen-bond acceptors (Lipinski definition) is 4. The van der Waals surface area contributed by atoms with E-state index in [-0.39, 0.29) is 5.97 Å². The molecule has 0 radical (unpaired) electrons. The van der Waals surface area contributed by atoms with Crippen LogP contribution >= 0.6 is 0 Å². The normalized spacial score (nSPS) is 15.8. The molecule has 0 fully saturated rings. The molecular formula is C9H13N3O2. The topological polar surface area (TPSA) is 56.1 Å². The summed E-state index contributed by atoms with van der Waals surface area (Å²) in [5.41, 5.74) is 1.04. The molecule has 14 heavy (non-hydrogen) atoms. The van der Waals surface area contributed by atoms with Gasteiger partial charge in [0.2, 0.25) is 5.82 Å². The van der Waals surface area contributed by atoms with Crippen LogP contribution in [0.25, 0.3) is 0 Å². The van der Waals surface area contributed by atoms with E-state index in [2.05, 4.69) is 15.0 Å². The third-order valence-corrected chi connectivity index (χ3v) is 2.35. The average Bonchev–Trinajstić information content (AvgIpc) is 2.46. The highest BCUT2D eigenvalue weighted by Crippen LogP contribution is 2.10. The molecule has 5 nitrogen and oxygen atoms in total. The second kappa shape index (κ2) is 3.79. The summed E-state index contributed by atoms with van der Waals surface area (Å²) in [4.78, 5) is 15.4. The lowest BCUT2D eigenvalue weighted by Crippen LogP contribution is -2.13. The first kappa shape index (κ1) is 9.21. The maximum absolute atomic E-state index is 11.3. The van der Waals surface area contributed by atoms with Gasteiger partial charge in [0.1, 0.15) is 0 Å². The van der Waals surface area contributed by atoms with Crippen molar-refractivity contribution in [3.8, 4) is 0 Å². The fraction of sp³-hybridized carbons (Fsp3) is 0.556. The number of ether oxygens (including phenoxy) is 1. The molecular weight excluding hydrogens is 182 g/mol. The van der Waals surface area contributed by atoms with Crippen molar-refractivity contribution in [3.63, 3.8) is 0 Å². The number of esters is 1. The monoisotopic (exact) mass is 195 g/mol. The van der Waals surface area contributed by atoms with E-state index in [0.717, 1.165) is 31.7 Å². The molecule has 76 valence electrons. The highest BCUT2D eigenvalue weighted by molar-refractivity contribution is 5.85. The Labute approximate surface area is 82.1 Å². The molecule has 0 atom stereocenters. The van der Waals surface area contributed by atoms with Crippen LogP contribution in [-0.4, -0.2) is 29.2 Å². The van der Waals surface area contributed by atoms with Gasteiger partial charge in [-0.15, -0.1) is 0 Å². The highest BCUT2D eigenvalue weighted by atomic mass is 16.5. The Kier molecular flexibility index (Phi) is 2.49. The summed E-state index contributed by atoms with van der Waals surface area (Å²) in [6, 6.07) is 0. The second-order valence-electron chi connectivity index (χ2n) is 3.25. The van der Waals surface area contributed by atoms with Crippen LogP contribution in [0.2, 0.25) is 0 Å². The molecule has 0 bridgehead atoms. The van der Waals surface area contributed by atoms with Crippen LogP contribution < -0.4 is 5.32 Å².